The number of aliphatic hydroxyl groups excluding tert-OH is 4. The summed E-state index contributed by atoms with van der Waals surface area (Å²) in [6.45, 7) is 0.344. The van der Waals surface area contributed by atoms with Gasteiger partial charge in [0.1, 0.15) is 0 Å². The number of hydrogen-bond donors (Lipinski definition) is 4. The Labute approximate surface area is 111 Å². The van der Waals surface area contributed by atoms with Crippen molar-refractivity contribution in [2.45, 2.75) is 12.2 Å². The topological polar surface area (TPSA) is 106 Å². The minimum absolute atomic E-state index is 0.406. The van der Waals surface area contributed by atoms with Gasteiger partial charge < -0.3 is 29.9 Å². The summed E-state index contributed by atoms with van der Waals surface area (Å²) in [6.07, 6.45) is 1.16. The lowest BCUT2D eigenvalue weighted by atomic mass is 9.93. The van der Waals surface area contributed by atoms with Gasteiger partial charge in [0.25, 0.3) is 0 Å². The van der Waals surface area contributed by atoms with Crippen LogP contribution in [0.1, 0.15) is 0 Å². The van der Waals surface area contributed by atoms with Crippen LogP contribution in [0.25, 0.3) is 0 Å². The fraction of sp³-hybridized carbons (Fsp3) is 1.00. The van der Waals surface area contributed by atoms with E-state index in [1.807, 2.05) is 11.8 Å². The molecule has 0 aliphatic carbocycles. The zero-order valence-corrected chi connectivity index (χ0v) is 11.1. The molecule has 4 N–H and O–H groups in total. The first-order chi connectivity index (χ1) is 8.69. The van der Waals surface area contributed by atoms with Crippen molar-refractivity contribution in [3.05, 3.63) is 0 Å². The van der Waals surface area contributed by atoms with Crippen molar-refractivity contribution >= 4 is 11.8 Å². The predicted octanol–water partition coefficient (Wildman–Crippen LogP) is -1.54. The Morgan fingerprint density at radius 1 is 0.833 bits per heavy atom. The zero-order chi connectivity index (χ0) is 13.4. The van der Waals surface area contributed by atoms with E-state index < -0.39 is 31.8 Å². The molecule has 0 radical (unpaired) electrons. The fourth-order valence-corrected chi connectivity index (χ4v) is 2.01. The molecule has 2 unspecified atom stereocenters. The van der Waals surface area contributed by atoms with Crippen LogP contribution in [-0.4, -0.2) is 83.8 Å². The predicted molar refractivity (Wildman–Crippen MR) is 67.6 cm³/mol. The average molecular weight is 282 g/mol. The van der Waals surface area contributed by atoms with Gasteiger partial charge in [0.15, 0.2) is 0 Å². The van der Waals surface area contributed by atoms with Gasteiger partial charge in [-0.15, -0.1) is 0 Å². The van der Waals surface area contributed by atoms with E-state index in [1.54, 1.807) is 0 Å². The maximum absolute atomic E-state index is 8.50. The Kier molecular flexibility index (Phi) is 7.47. The van der Waals surface area contributed by atoms with Gasteiger partial charge in [-0.3, -0.25) is 0 Å². The van der Waals surface area contributed by atoms with Crippen LogP contribution in [0.3, 0.4) is 0 Å². The summed E-state index contributed by atoms with van der Waals surface area (Å²) < 4.78 is 10.1. The first-order valence-electron chi connectivity index (χ1n) is 5.94. The number of hydrogen-bond acceptors (Lipinski definition) is 7. The lowest BCUT2D eigenvalue weighted by molar-refractivity contribution is -0.0328. The lowest BCUT2D eigenvalue weighted by Crippen LogP contribution is -2.37. The van der Waals surface area contributed by atoms with E-state index in [0.29, 0.717) is 12.2 Å². The molecule has 0 bridgehead atoms. The van der Waals surface area contributed by atoms with E-state index in [2.05, 4.69) is 0 Å². The molecular formula is C11H22O6S. The van der Waals surface area contributed by atoms with Gasteiger partial charge in [0.05, 0.1) is 57.3 Å². The third-order valence-electron chi connectivity index (χ3n) is 2.75. The molecule has 0 aromatic rings. The number of ether oxygens (including phenoxy) is 2. The van der Waals surface area contributed by atoms with Crippen molar-refractivity contribution in [3.63, 3.8) is 0 Å². The largest absolute Gasteiger partial charge is 0.396 e. The molecule has 7 heteroatoms. The molecule has 0 spiro atoms. The maximum atomic E-state index is 8.50. The Morgan fingerprint density at radius 3 is 1.33 bits per heavy atom. The Bertz CT molecular complexity index is 186. The van der Waals surface area contributed by atoms with E-state index in [4.69, 9.17) is 29.9 Å². The van der Waals surface area contributed by atoms with Crippen molar-refractivity contribution in [2.24, 2.45) is 5.41 Å². The molecule has 2 saturated heterocycles. The molecule has 2 aliphatic heterocycles. The van der Waals surface area contributed by atoms with E-state index in [0.717, 1.165) is 13.2 Å². The van der Waals surface area contributed by atoms with E-state index in [9.17, 15) is 0 Å². The molecule has 0 saturated carbocycles. The Hall–Kier alpha value is 0.110. The highest BCUT2D eigenvalue weighted by Crippen LogP contribution is 2.20. The highest BCUT2D eigenvalue weighted by Gasteiger charge is 2.27. The monoisotopic (exact) mass is 282 g/mol. The molecule has 0 aromatic heterocycles. The molecule has 0 amide bonds. The summed E-state index contributed by atoms with van der Waals surface area (Å²) in [4.78, 5) is 0. The van der Waals surface area contributed by atoms with Gasteiger partial charge >= 0.3 is 0 Å². The second-order valence-corrected chi connectivity index (χ2v) is 5.66. The first kappa shape index (κ1) is 16.2. The van der Waals surface area contributed by atoms with Crippen molar-refractivity contribution in [2.75, 3.05) is 51.1 Å². The molecule has 18 heavy (non-hydrogen) atoms. The smallest absolute Gasteiger partial charge is 0.0900 e. The maximum Gasteiger partial charge on any atom is 0.0900 e. The molecule has 6 nitrogen and oxygen atoms in total. The SMILES string of the molecule is C1OC1CSCC1CO1.OCC(CO)(CO)CO. The van der Waals surface area contributed by atoms with Crippen LogP contribution in [0.15, 0.2) is 0 Å². The second kappa shape index (κ2) is 8.31. The summed E-state index contributed by atoms with van der Waals surface area (Å²) >= 11 is 1.94. The third-order valence-corrected chi connectivity index (χ3v) is 3.97. The molecule has 2 aliphatic rings. The van der Waals surface area contributed by atoms with Gasteiger partial charge in [-0.2, -0.15) is 11.8 Å². The highest BCUT2D eigenvalue weighted by molar-refractivity contribution is 7.99. The highest BCUT2D eigenvalue weighted by atomic mass is 32.2. The molecule has 2 fully saturated rings. The summed E-state index contributed by atoms with van der Waals surface area (Å²) in [5.74, 6) is 2.33. The van der Waals surface area contributed by atoms with Crippen LogP contribution in [0.4, 0.5) is 0 Å². The van der Waals surface area contributed by atoms with Gasteiger partial charge in [-0.1, -0.05) is 0 Å². The number of aliphatic hydroxyl groups is 4. The van der Waals surface area contributed by atoms with Crippen molar-refractivity contribution in [1.29, 1.82) is 0 Å². The number of thioether (sulfide) groups is 1. The van der Waals surface area contributed by atoms with Crippen molar-refractivity contribution in [1.82, 2.24) is 0 Å². The van der Waals surface area contributed by atoms with Crippen LogP contribution in [0.2, 0.25) is 0 Å². The molecule has 108 valence electrons. The minimum Gasteiger partial charge on any atom is -0.396 e. The molecule has 2 rings (SSSR count). The molecule has 2 atom stereocenters. The van der Waals surface area contributed by atoms with Gasteiger partial charge in [-0.05, 0) is 0 Å². The standard InChI is InChI=1S/C6H10O2S.C5H12O4/c1-5(7-1)3-9-4-6-2-8-6;6-1-5(2-7,3-8)4-9/h5-6H,1-4H2;6-9H,1-4H2. The number of epoxide rings is 2. The minimum atomic E-state index is -1.11. The quantitative estimate of drug-likeness (QED) is 0.400. The summed E-state index contributed by atoms with van der Waals surface area (Å²) in [5, 5.41) is 34.0. The van der Waals surface area contributed by atoms with Crippen molar-refractivity contribution in [3.8, 4) is 0 Å². The van der Waals surface area contributed by atoms with Crippen LogP contribution in [0, 0.1) is 5.41 Å². The summed E-state index contributed by atoms with van der Waals surface area (Å²) in [6, 6.07) is 0. The van der Waals surface area contributed by atoms with Crippen LogP contribution < -0.4 is 0 Å². The van der Waals surface area contributed by atoms with Gasteiger partial charge in [0, 0.05) is 11.5 Å². The fourth-order valence-electron chi connectivity index (χ4n) is 0.959. The third kappa shape index (κ3) is 6.33. The number of rotatable bonds is 8. The lowest BCUT2D eigenvalue weighted by Gasteiger charge is -2.23. The first-order valence-corrected chi connectivity index (χ1v) is 7.09. The van der Waals surface area contributed by atoms with E-state index >= 15 is 0 Å². The van der Waals surface area contributed by atoms with Gasteiger partial charge in [-0.25, -0.2) is 0 Å². The van der Waals surface area contributed by atoms with Gasteiger partial charge in [0.2, 0.25) is 0 Å². The molecule has 0 aromatic carbocycles. The second-order valence-electron chi connectivity index (χ2n) is 4.58. The molecule has 2 heterocycles. The summed E-state index contributed by atoms with van der Waals surface area (Å²) in [7, 11) is 0. The van der Waals surface area contributed by atoms with Crippen LogP contribution >= 0.6 is 11.8 Å². The summed E-state index contributed by atoms with van der Waals surface area (Å²) in [5.41, 5.74) is -1.11. The molecular weight excluding hydrogens is 260 g/mol. The van der Waals surface area contributed by atoms with Crippen LogP contribution in [-0.2, 0) is 9.47 Å². The van der Waals surface area contributed by atoms with Crippen molar-refractivity contribution < 1.29 is 29.9 Å². The normalized spacial score (nSPS) is 25.3. The Balaban J connectivity index is 0.000000180. The average Bonchev–Trinajstić information content (AvgIpc) is 3.29. The van der Waals surface area contributed by atoms with Crippen LogP contribution in [0.5, 0.6) is 0 Å². The Morgan fingerprint density at radius 2 is 1.17 bits per heavy atom. The zero-order valence-electron chi connectivity index (χ0n) is 10.3. The van der Waals surface area contributed by atoms with E-state index in [-0.39, 0.29) is 0 Å². The van der Waals surface area contributed by atoms with E-state index in [1.165, 1.54) is 11.5 Å².